The minimum absolute atomic E-state index is 0.685. The monoisotopic (exact) mass is 143 g/mol. The second-order valence-corrected chi connectivity index (χ2v) is 3.57. The topological polar surface area (TPSA) is 12.0 Å². The quantitative estimate of drug-likeness (QED) is 0.636. The Kier molecular flexibility index (Phi) is 4.71. The van der Waals surface area contributed by atoms with E-state index >= 15 is 0 Å². The number of hydrogen-bond donors (Lipinski definition) is 1. The van der Waals surface area contributed by atoms with Crippen molar-refractivity contribution in [3.05, 3.63) is 0 Å². The zero-order valence-corrected chi connectivity index (χ0v) is 7.94. The van der Waals surface area contributed by atoms with Crippen LogP contribution in [0.25, 0.3) is 0 Å². The van der Waals surface area contributed by atoms with Crippen molar-refractivity contribution in [3.8, 4) is 0 Å². The van der Waals surface area contributed by atoms with Gasteiger partial charge in [0.15, 0.2) is 0 Å². The summed E-state index contributed by atoms with van der Waals surface area (Å²) in [6, 6.07) is 0.685. The van der Waals surface area contributed by atoms with Gasteiger partial charge in [0, 0.05) is 6.04 Å². The van der Waals surface area contributed by atoms with Crippen LogP contribution in [-0.2, 0) is 0 Å². The molecule has 0 aliphatic heterocycles. The van der Waals surface area contributed by atoms with Crippen molar-refractivity contribution < 1.29 is 0 Å². The summed E-state index contributed by atoms with van der Waals surface area (Å²) in [5.74, 6) is 1.50. The Bertz CT molecular complexity index is 68.8. The van der Waals surface area contributed by atoms with Gasteiger partial charge >= 0.3 is 0 Å². The summed E-state index contributed by atoms with van der Waals surface area (Å²) in [6.45, 7) is 12.3. The van der Waals surface area contributed by atoms with Crippen LogP contribution < -0.4 is 5.32 Å². The molecule has 0 heterocycles. The summed E-state index contributed by atoms with van der Waals surface area (Å²) >= 11 is 0. The van der Waals surface area contributed by atoms with Crippen LogP contribution in [0.15, 0.2) is 0 Å². The van der Waals surface area contributed by atoms with Gasteiger partial charge in [-0.25, -0.2) is 0 Å². The van der Waals surface area contributed by atoms with Crippen LogP contribution in [0.1, 0.15) is 34.6 Å². The highest BCUT2D eigenvalue weighted by Gasteiger charge is 2.14. The molecule has 0 aromatic carbocycles. The number of rotatable bonds is 4. The molecule has 0 radical (unpaired) electrons. The van der Waals surface area contributed by atoms with Gasteiger partial charge in [0.1, 0.15) is 0 Å². The smallest absolute Gasteiger partial charge is 0.0113 e. The molecule has 0 amide bonds. The van der Waals surface area contributed by atoms with Crippen LogP contribution >= 0.6 is 0 Å². The highest BCUT2D eigenvalue weighted by molar-refractivity contribution is 4.72. The van der Waals surface area contributed by atoms with Gasteiger partial charge in [0.05, 0.1) is 0 Å². The molecule has 0 aromatic rings. The highest BCUT2D eigenvalue weighted by Crippen LogP contribution is 2.10. The molecule has 0 saturated carbocycles. The van der Waals surface area contributed by atoms with Crippen molar-refractivity contribution in [3.63, 3.8) is 0 Å². The van der Waals surface area contributed by atoms with E-state index in [0.29, 0.717) is 6.04 Å². The average Bonchev–Trinajstić information content (AvgIpc) is 1.81. The van der Waals surface area contributed by atoms with Gasteiger partial charge in [0.25, 0.3) is 0 Å². The SMILES string of the molecule is CCNC(C(C)C)C(C)C. The van der Waals surface area contributed by atoms with Gasteiger partial charge in [-0.3, -0.25) is 0 Å². The summed E-state index contributed by atoms with van der Waals surface area (Å²) in [7, 11) is 0. The van der Waals surface area contributed by atoms with E-state index in [2.05, 4.69) is 39.9 Å². The number of hydrogen-bond acceptors (Lipinski definition) is 1. The molecule has 0 fully saturated rings. The van der Waals surface area contributed by atoms with E-state index in [0.717, 1.165) is 18.4 Å². The first kappa shape index (κ1) is 9.96. The van der Waals surface area contributed by atoms with Crippen molar-refractivity contribution in [1.29, 1.82) is 0 Å². The second kappa shape index (κ2) is 4.73. The maximum atomic E-state index is 3.48. The van der Waals surface area contributed by atoms with E-state index in [1.807, 2.05) is 0 Å². The third kappa shape index (κ3) is 3.21. The summed E-state index contributed by atoms with van der Waals surface area (Å²) in [6.07, 6.45) is 0. The minimum atomic E-state index is 0.685. The summed E-state index contributed by atoms with van der Waals surface area (Å²) in [5.41, 5.74) is 0. The van der Waals surface area contributed by atoms with Crippen LogP contribution in [-0.4, -0.2) is 12.6 Å². The maximum Gasteiger partial charge on any atom is 0.0113 e. The lowest BCUT2D eigenvalue weighted by atomic mass is 9.93. The van der Waals surface area contributed by atoms with Crippen molar-refractivity contribution >= 4 is 0 Å². The van der Waals surface area contributed by atoms with Gasteiger partial charge in [-0.15, -0.1) is 0 Å². The normalized spacial score (nSPS) is 12.0. The molecule has 0 atom stereocenters. The Labute approximate surface area is 65.2 Å². The highest BCUT2D eigenvalue weighted by atomic mass is 14.9. The Morgan fingerprint density at radius 1 is 1.00 bits per heavy atom. The van der Waals surface area contributed by atoms with Crippen LogP contribution in [0.4, 0.5) is 0 Å². The molecule has 1 heteroatoms. The second-order valence-electron chi connectivity index (χ2n) is 3.57. The van der Waals surface area contributed by atoms with Crippen LogP contribution in [0.3, 0.4) is 0 Å². The van der Waals surface area contributed by atoms with Gasteiger partial charge in [0.2, 0.25) is 0 Å². The Hall–Kier alpha value is -0.0400. The zero-order valence-electron chi connectivity index (χ0n) is 7.94. The Morgan fingerprint density at radius 3 is 1.50 bits per heavy atom. The first-order valence-corrected chi connectivity index (χ1v) is 4.33. The molecule has 0 rings (SSSR count). The summed E-state index contributed by atoms with van der Waals surface area (Å²) in [5, 5.41) is 3.48. The van der Waals surface area contributed by atoms with E-state index < -0.39 is 0 Å². The van der Waals surface area contributed by atoms with Crippen molar-refractivity contribution in [2.24, 2.45) is 11.8 Å². The molecule has 0 saturated heterocycles. The molecule has 0 aromatic heterocycles. The van der Waals surface area contributed by atoms with Gasteiger partial charge < -0.3 is 5.32 Å². The molecule has 0 aliphatic rings. The molecule has 10 heavy (non-hydrogen) atoms. The zero-order chi connectivity index (χ0) is 8.15. The molecule has 0 bridgehead atoms. The first-order valence-electron chi connectivity index (χ1n) is 4.33. The third-order valence-electron chi connectivity index (χ3n) is 1.88. The fourth-order valence-electron chi connectivity index (χ4n) is 1.48. The standard InChI is InChI=1S/C9H21N/c1-6-10-9(7(2)3)8(4)5/h7-10H,6H2,1-5H3. The van der Waals surface area contributed by atoms with Crippen molar-refractivity contribution in [2.45, 2.75) is 40.7 Å². The van der Waals surface area contributed by atoms with Crippen molar-refractivity contribution in [1.82, 2.24) is 5.32 Å². The molecular weight excluding hydrogens is 122 g/mol. The molecule has 62 valence electrons. The fourth-order valence-corrected chi connectivity index (χ4v) is 1.48. The molecular formula is C9H21N. The molecule has 0 spiro atoms. The van der Waals surface area contributed by atoms with E-state index in [9.17, 15) is 0 Å². The lowest BCUT2D eigenvalue weighted by Gasteiger charge is -2.25. The van der Waals surface area contributed by atoms with Gasteiger partial charge in [-0.1, -0.05) is 34.6 Å². The maximum absolute atomic E-state index is 3.48. The molecule has 1 N–H and O–H groups in total. The van der Waals surface area contributed by atoms with E-state index in [1.54, 1.807) is 0 Å². The number of nitrogens with one attached hydrogen (secondary N) is 1. The molecule has 1 nitrogen and oxygen atoms in total. The van der Waals surface area contributed by atoms with Gasteiger partial charge in [-0.05, 0) is 18.4 Å². The average molecular weight is 143 g/mol. The minimum Gasteiger partial charge on any atom is -0.314 e. The Balaban J connectivity index is 3.73. The lowest BCUT2D eigenvalue weighted by molar-refractivity contribution is 0.320. The van der Waals surface area contributed by atoms with E-state index in [4.69, 9.17) is 0 Å². The van der Waals surface area contributed by atoms with Crippen LogP contribution in [0, 0.1) is 11.8 Å². The molecule has 0 aliphatic carbocycles. The Morgan fingerprint density at radius 2 is 1.40 bits per heavy atom. The first-order chi connectivity index (χ1) is 4.59. The predicted molar refractivity (Wildman–Crippen MR) is 47.1 cm³/mol. The van der Waals surface area contributed by atoms with Gasteiger partial charge in [-0.2, -0.15) is 0 Å². The van der Waals surface area contributed by atoms with Crippen molar-refractivity contribution in [2.75, 3.05) is 6.54 Å². The van der Waals surface area contributed by atoms with E-state index in [1.165, 1.54) is 0 Å². The third-order valence-corrected chi connectivity index (χ3v) is 1.88. The molecule has 0 unspecified atom stereocenters. The van der Waals surface area contributed by atoms with E-state index in [-0.39, 0.29) is 0 Å². The van der Waals surface area contributed by atoms with Crippen LogP contribution in [0.5, 0.6) is 0 Å². The summed E-state index contributed by atoms with van der Waals surface area (Å²) in [4.78, 5) is 0. The largest absolute Gasteiger partial charge is 0.314 e. The predicted octanol–water partition coefficient (Wildman–Crippen LogP) is 2.28. The lowest BCUT2D eigenvalue weighted by Crippen LogP contribution is -2.37. The van der Waals surface area contributed by atoms with Crippen LogP contribution in [0.2, 0.25) is 0 Å². The fraction of sp³-hybridized carbons (Fsp3) is 1.00. The summed E-state index contributed by atoms with van der Waals surface area (Å²) < 4.78 is 0.